The van der Waals surface area contributed by atoms with Gasteiger partial charge in [-0.2, -0.15) is 70.2 Å². The van der Waals surface area contributed by atoms with Gasteiger partial charge < -0.3 is 5.11 Å². The molecule has 0 fully saturated rings. The molecule has 0 amide bonds. The molecule has 0 aliphatic carbocycles. The Hall–Kier alpha value is -2.72. The highest BCUT2D eigenvalue weighted by Crippen LogP contribution is 2.62. The Morgan fingerprint density at radius 2 is 0.921 bits per heavy atom. The molecule has 1 atom stereocenters. The van der Waals surface area contributed by atoms with Crippen molar-refractivity contribution >= 4 is 0 Å². The van der Waals surface area contributed by atoms with Crippen molar-refractivity contribution in [2.24, 2.45) is 0 Å². The fourth-order valence-corrected chi connectivity index (χ4v) is 3.19. The summed E-state index contributed by atoms with van der Waals surface area (Å²) < 4.78 is 214. The van der Waals surface area contributed by atoms with Gasteiger partial charge in [0.1, 0.15) is 0 Å². The van der Waals surface area contributed by atoms with Crippen molar-refractivity contribution in [3.63, 3.8) is 0 Å². The Morgan fingerprint density at radius 1 is 0.474 bits per heavy atom. The summed E-state index contributed by atoms with van der Waals surface area (Å²) in [5.74, 6) is -39.8. The minimum absolute atomic E-state index is 0.0662. The average molecular weight is 584 g/mol. The third kappa shape index (κ3) is 4.77. The van der Waals surface area contributed by atoms with Gasteiger partial charge in [-0.15, -0.1) is 0 Å². The standard InChI is InChI=1S/C21H12F16O/c22-15(23,16(24,25)17(26,27)18(28,29)19(30,31)21(35,36)37)10-14(38,20(32,33)34)13-8-4-7-12(9-13)11-5-2-1-3-6-11/h1-9,38H,10H2. The zero-order valence-corrected chi connectivity index (χ0v) is 17.9. The van der Waals surface area contributed by atoms with E-state index in [1.807, 2.05) is 0 Å². The van der Waals surface area contributed by atoms with Crippen molar-refractivity contribution in [2.75, 3.05) is 0 Å². The van der Waals surface area contributed by atoms with E-state index in [-0.39, 0.29) is 17.2 Å². The van der Waals surface area contributed by atoms with E-state index in [2.05, 4.69) is 0 Å². The van der Waals surface area contributed by atoms with Crippen LogP contribution in [0.5, 0.6) is 0 Å². The summed E-state index contributed by atoms with van der Waals surface area (Å²) >= 11 is 0. The second kappa shape index (κ2) is 9.19. The number of hydrogen-bond acceptors (Lipinski definition) is 1. The number of aliphatic hydroxyl groups is 1. The van der Waals surface area contributed by atoms with Crippen LogP contribution in [-0.2, 0) is 5.60 Å². The predicted molar refractivity (Wildman–Crippen MR) is 97.2 cm³/mol. The lowest BCUT2D eigenvalue weighted by atomic mass is 9.82. The van der Waals surface area contributed by atoms with Crippen LogP contribution in [0.4, 0.5) is 70.2 Å². The van der Waals surface area contributed by atoms with Crippen LogP contribution < -0.4 is 0 Å². The van der Waals surface area contributed by atoms with Gasteiger partial charge in [0.15, 0.2) is 5.60 Å². The summed E-state index contributed by atoms with van der Waals surface area (Å²) in [7, 11) is 0. The lowest BCUT2D eigenvalue weighted by Gasteiger charge is -2.42. The van der Waals surface area contributed by atoms with Crippen LogP contribution in [0.1, 0.15) is 12.0 Å². The first-order valence-electron chi connectivity index (χ1n) is 9.69. The van der Waals surface area contributed by atoms with E-state index in [1.165, 1.54) is 30.3 Å². The number of halogens is 16. The first kappa shape index (κ1) is 31.5. The summed E-state index contributed by atoms with van der Waals surface area (Å²) in [4.78, 5) is 0. The van der Waals surface area contributed by atoms with Gasteiger partial charge in [0.05, 0.1) is 6.42 Å². The number of rotatable bonds is 8. The van der Waals surface area contributed by atoms with E-state index >= 15 is 0 Å². The first-order valence-corrected chi connectivity index (χ1v) is 9.69. The molecule has 1 unspecified atom stereocenters. The highest BCUT2D eigenvalue weighted by Gasteiger charge is 2.91. The minimum atomic E-state index is -8.29. The molecular weight excluding hydrogens is 572 g/mol. The molecule has 0 aliphatic rings. The average Bonchev–Trinajstić information content (AvgIpc) is 2.77. The molecule has 1 nitrogen and oxygen atoms in total. The van der Waals surface area contributed by atoms with Crippen molar-refractivity contribution < 1.29 is 75.4 Å². The molecule has 0 saturated carbocycles. The van der Waals surface area contributed by atoms with Crippen LogP contribution in [0.3, 0.4) is 0 Å². The molecular formula is C21H12F16O. The minimum Gasteiger partial charge on any atom is -0.376 e. The molecule has 2 rings (SSSR count). The highest BCUT2D eigenvalue weighted by molar-refractivity contribution is 5.64. The Morgan fingerprint density at radius 3 is 1.37 bits per heavy atom. The van der Waals surface area contributed by atoms with Gasteiger partial charge in [-0.1, -0.05) is 48.5 Å². The van der Waals surface area contributed by atoms with E-state index in [1.54, 1.807) is 0 Å². The summed E-state index contributed by atoms with van der Waals surface area (Å²) in [6, 6.07) is 8.85. The number of benzene rings is 2. The van der Waals surface area contributed by atoms with Crippen molar-refractivity contribution in [3.05, 3.63) is 60.2 Å². The molecule has 214 valence electrons. The largest absolute Gasteiger partial charge is 0.460 e. The van der Waals surface area contributed by atoms with E-state index in [9.17, 15) is 75.4 Å². The van der Waals surface area contributed by atoms with E-state index in [4.69, 9.17) is 0 Å². The third-order valence-corrected chi connectivity index (χ3v) is 5.39. The lowest BCUT2D eigenvalue weighted by molar-refractivity contribution is -0.443. The number of alkyl halides is 16. The van der Waals surface area contributed by atoms with Crippen LogP contribution in [0.2, 0.25) is 0 Å². The maximum atomic E-state index is 14.3. The van der Waals surface area contributed by atoms with Crippen molar-refractivity contribution in [3.8, 4) is 11.1 Å². The quantitative estimate of drug-likeness (QED) is 0.310. The van der Waals surface area contributed by atoms with Crippen LogP contribution >= 0.6 is 0 Å². The molecule has 0 radical (unpaired) electrons. The van der Waals surface area contributed by atoms with Gasteiger partial charge >= 0.3 is 42.0 Å². The Balaban J connectivity index is 2.65. The Labute approximate surface area is 201 Å². The van der Waals surface area contributed by atoms with Gasteiger partial charge in [-0.3, -0.25) is 0 Å². The molecule has 38 heavy (non-hydrogen) atoms. The molecule has 0 saturated heterocycles. The summed E-state index contributed by atoms with van der Waals surface area (Å²) in [6.07, 6.45) is -18.0. The van der Waals surface area contributed by atoms with Gasteiger partial charge in [0, 0.05) is 0 Å². The summed E-state index contributed by atoms with van der Waals surface area (Å²) in [5, 5.41) is 10.0. The van der Waals surface area contributed by atoms with E-state index in [0.717, 1.165) is 6.07 Å². The number of hydrogen-bond donors (Lipinski definition) is 1. The predicted octanol–water partition coefficient (Wildman–Crippen LogP) is 8.23. The Bertz CT molecular complexity index is 1120. The smallest absolute Gasteiger partial charge is 0.376 e. The van der Waals surface area contributed by atoms with Gasteiger partial charge in [-0.25, -0.2) is 0 Å². The van der Waals surface area contributed by atoms with E-state index < -0.39 is 59.6 Å². The molecule has 0 bridgehead atoms. The van der Waals surface area contributed by atoms with Crippen LogP contribution in [-0.4, -0.2) is 47.1 Å². The SMILES string of the molecule is OC(CC(F)(F)C(F)(F)C(F)(F)C(F)(F)C(F)(F)C(F)(F)F)(c1cccc(-c2ccccc2)c1)C(F)(F)F. The first-order chi connectivity index (χ1) is 16.8. The molecule has 0 aliphatic heterocycles. The van der Waals surface area contributed by atoms with E-state index in [0.29, 0.717) is 12.1 Å². The van der Waals surface area contributed by atoms with Crippen LogP contribution in [0.15, 0.2) is 54.6 Å². The van der Waals surface area contributed by atoms with Crippen molar-refractivity contribution in [1.29, 1.82) is 0 Å². The monoisotopic (exact) mass is 584 g/mol. The van der Waals surface area contributed by atoms with Gasteiger partial charge in [0.2, 0.25) is 0 Å². The third-order valence-electron chi connectivity index (χ3n) is 5.39. The molecule has 2 aromatic rings. The van der Waals surface area contributed by atoms with Crippen molar-refractivity contribution in [1.82, 2.24) is 0 Å². The molecule has 0 heterocycles. The summed E-state index contributed by atoms with van der Waals surface area (Å²) in [6.45, 7) is 0. The zero-order chi connectivity index (χ0) is 29.8. The zero-order valence-electron chi connectivity index (χ0n) is 17.9. The van der Waals surface area contributed by atoms with Crippen molar-refractivity contribution in [2.45, 2.75) is 54.0 Å². The Kier molecular flexibility index (Phi) is 7.62. The molecule has 2 aromatic carbocycles. The maximum Gasteiger partial charge on any atom is 0.460 e. The molecule has 17 heteroatoms. The topological polar surface area (TPSA) is 20.2 Å². The molecule has 0 spiro atoms. The van der Waals surface area contributed by atoms with Crippen LogP contribution in [0.25, 0.3) is 11.1 Å². The maximum absolute atomic E-state index is 14.3. The normalized spacial score (nSPS) is 16.3. The lowest BCUT2D eigenvalue weighted by Crippen LogP contribution is -2.70. The second-order valence-electron chi connectivity index (χ2n) is 7.98. The highest BCUT2D eigenvalue weighted by atomic mass is 19.4. The fourth-order valence-electron chi connectivity index (χ4n) is 3.19. The summed E-state index contributed by atoms with van der Waals surface area (Å²) in [5.41, 5.74) is -7.13. The fraction of sp³-hybridized carbons (Fsp3) is 0.429. The second-order valence-corrected chi connectivity index (χ2v) is 7.98. The van der Waals surface area contributed by atoms with Gasteiger partial charge in [0.25, 0.3) is 0 Å². The van der Waals surface area contributed by atoms with Crippen LogP contribution in [0, 0.1) is 0 Å². The van der Waals surface area contributed by atoms with Gasteiger partial charge in [-0.05, 0) is 22.8 Å². The molecule has 1 N–H and O–H groups in total. The molecule has 0 aromatic heterocycles.